The van der Waals surface area contributed by atoms with Crippen LogP contribution in [0.3, 0.4) is 0 Å². The van der Waals surface area contributed by atoms with Crippen LogP contribution < -0.4 is 0 Å². The molecule has 0 fully saturated rings. The van der Waals surface area contributed by atoms with E-state index in [0.717, 1.165) is 45.6 Å². The van der Waals surface area contributed by atoms with Crippen molar-refractivity contribution in [1.29, 1.82) is 0 Å². The molecule has 0 unspecified atom stereocenters. The van der Waals surface area contributed by atoms with E-state index in [0.29, 0.717) is 0 Å². The number of halogens is 2. The Morgan fingerprint density at radius 2 is 1.77 bits per heavy atom. The highest BCUT2D eigenvalue weighted by Crippen LogP contribution is 2.27. The van der Waals surface area contributed by atoms with Gasteiger partial charge in [-0.15, -0.1) is 11.8 Å². The van der Waals surface area contributed by atoms with Gasteiger partial charge in [0, 0.05) is 21.5 Å². The van der Waals surface area contributed by atoms with E-state index < -0.39 is 0 Å². The molecule has 0 saturated carbocycles. The summed E-state index contributed by atoms with van der Waals surface area (Å²) in [6.07, 6.45) is 1.07. The molecule has 0 radical (unpaired) electrons. The molecular formula is C17H16Cl2N2S. The van der Waals surface area contributed by atoms with Gasteiger partial charge in [-0.05, 0) is 48.9 Å². The predicted octanol–water partition coefficient (Wildman–Crippen LogP) is 6.05. The molecule has 0 saturated heterocycles. The van der Waals surface area contributed by atoms with Crippen LogP contribution in [0.15, 0.2) is 47.4 Å². The van der Waals surface area contributed by atoms with E-state index in [2.05, 4.69) is 11.5 Å². The molecule has 22 heavy (non-hydrogen) atoms. The number of hydrogen-bond donors (Lipinski definition) is 0. The first-order valence-corrected chi connectivity index (χ1v) is 8.94. The average Bonchev–Trinajstić information content (AvgIpc) is 2.85. The number of benzene rings is 2. The van der Waals surface area contributed by atoms with Crippen molar-refractivity contribution < 1.29 is 0 Å². The van der Waals surface area contributed by atoms with Gasteiger partial charge in [0.15, 0.2) is 0 Å². The Bertz CT molecular complexity index is 781. The monoisotopic (exact) mass is 350 g/mol. The molecule has 1 heterocycles. The van der Waals surface area contributed by atoms with Crippen LogP contribution in [0, 0.1) is 0 Å². The minimum atomic E-state index is 0.752. The Labute approximate surface area is 144 Å². The average molecular weight is 351 g/mol. The summed E-state index contributed by atoms with van der Waals surface area (Å²) in [6.45, 7) is 3.12. The minimum Gasteiger partial charge on any atom is -0.327 e. The summed E-state index contributed by atoms with van der Waals surface area (Å²) in [5, 5.41) is 1.51. The lowest BCUT2D eigenvalue weighted by molar-refractivity contribution is 0.673. The molecule has 2 nitrogen and oxygen atoms in total. The van der Waals surface area contributed by atoms with Gasteiger partial charge in [-0.1, -0.05) is 30.1 Å². The first-order chi connectivity index (χ1) is 10.7. The Morgan fingerprint density at radius 3 is 2.50 bits per heavy atom. The second-order valence-corrected chi connectivity index (χ2v) is 6.98. The summed E-state index contributed by atoms with van der Waals surface area (Å²) in [4.78, 5) is 5.95. The third-order valence-electron chi connectivity index (χ3n) is 3.42. The quantitative estimate of drug-likeness (QED) is 0.521. The smallest absolute Gasteiger partial charge is 0.120 e. The van der Waals surface area contributed by atoms with Crippen LogP contribution in [0.2, 0.25) is 10.0 Å². The zero-order chi connectivity index (χ0) is 15.5. The van der Waals surface area contributed by atoms with Crippen LogP contribution in [0.4, 0.5) is 0 Å². The highest BCUT2D eigenvalue weighted by molar-refractivity contribution is 7.98. The van der Waals surface area contributed by atoms with Gasteiger partial charge in [-0.2, -0.15) is 0 Å². The summed E-state index contributed by atoms with van der Waals surface area (Å²) in [5.41, 5.74) is 2.12. The molecule has 0 N–H and O–H groups in total. The molecule has 0 aliphatic rings. The summed E-state index contributed by atoms with van der Waals surface area (Å²) in [6, 6.07) is 13.8. The van der Waals surface area contributed by atoms with Gasteiger partial charge in [0.25, 0.3) is 0 Å². The number of thioether (sulfide) groups is 1. The molecule has 0 atom stereocenters. The molecule has 114 valence electrons. The summed E-state index contributed by atoms with van der Waals surface area (Å²) < 4.78 is 2.27. The Hall–Kier alpha value is -1.16. The number of rotatable bonds is 5. The molecule has 0 amide bonds. The fourth-order valence-electron chi connectivity index (χ4n) is 2.41. The highest BCUT2D eigenvalue weighted by Gasteiger charge is 2.11. The van der Waals surface area contributed by atoms with Crippen molar-refractivity contribution in [3.63, 3.8) is 0 Å². The van der Waals surface area contributed by atoms with Gasteiger partial charge in [-0.3, -0.25) is 0 Å². The third kappa shape index (κ3) is 3.43. The van der Waals surface area contributed by atoms with Gasteiger partial charge in [-0.25, -0.2) is 4.98 Å². The van der Waals surface area contributed by atoms with Crippen molar-refractivity contribution in [3.8, 4) is 0 Å². The minimum absolute atomic E-state index is 0.752. The molecular weight excluding hydrogens is 335 g/mol. The maximum absolute atomic E-state index is 6.13. The lowest BCUT2D eigenvalue weighted by Gasteiger charge is -2.08. The van der Waals surface area contributed by atoms with E-state index in [1.54, 1.807) is 11.8 Å². The maximum Gasteiger partial charge on any atom is 0.120 e. The number of imidazole rings is 1. The predicted molar refractivity (Wildman–Crippen MR) is 96.0 cm³/mol. The topological polar surface area (TPSA) is 17.8 Å². The van der Waals surface area contributed by atoms with Crippen molar-refractivity contribution in [2.75, 3.05) is 0 Å². The van der Waals surface area contributed by atoms with E-state index >= 15 is 0 Å². The van der Waals surface area contributed by atoms with Crippen LogP contribution in [-0.2, 0) is 12.3 Å². The molecule has 0 aliphatic heterocycles. The molecule has 3 aromatic rings. The number of hydrogen-bond acceptors (Lipinski definition) is 2. The first-order valence-electron chi connectivity index (χ1n) is 7.20. The number of aryl methyl sites for hydroxylation is 1. The standard InChI is InChI=1S/C17H16Cl2N2S/c1-2-9-21-16-10-13(19)5-8-15(16)20-17(21)11-22-14-6-3-12(18)4-7-14/h3-8,10H,2,9,11H2,1H3. The van der Waals surface area contributed by atoms with Crippen LogP contribution in [-0.4, -0.2) is 9.55 Å². The second-order valence-electron chi connectivity index (χ2n) is 5.06. The zero-order valence-corrected chi connectivity index (χ0v) is 14.5. The SMILES string of the molecule is CCCn1c(CSc2ccc(Cl)cc2)nc2ccc(Cl)cc21. The number of nitrogens with zero attached hydrogens (tertiary/aromatic N) is 2. The number of aromatic nitrogens is 2. The van der Waals surface area contributed by atoms with Gasteiger partial charge >= 0.3 is 0 Å². The first kappa shape index (κ1) is 15.7. The Kier molecular flexibility index (Phi) is 4.97. The molecule has 0 aliphatic carbocycles. The van der Waals surface area contributed by atoms with E-state index in [1.807, 2.05) is 42.5 Å². The molecule has 3 rings (SSSR count). The maximum atomic E-state index is 6.13. The summed E-state index contributed by atoms with van der Waals surface area (Å²) >= 11 is 13.8. The van der Waals surface area contributed by atoms with Crippen molar-refractivity contribution >= 4 is 46.0 Å². The van der Waals surface area contributed by atoms with E-state index in [4.69, 9.17) is 28.2 Å². The molecule has 2 aromatic carbocycles. The van der Waals surface area contributed by atoms with E-state index in [9.17, 15) is 0 Å². The number of fused-ring (bicyclic) bond motifs is 1. The Morgan fingerprint density at radius 1 is 1.05 bits per heavy atom. The van der Waals surface area contributed by atoms with Crippen LogP contribution >= 0.6 is 35.0 Å². The molecule has 0 bridgehead atoms. The normalized spacial score (nSPS) is 11.2. The molecule has 0 spiro atoms. The van der Waals surface area contributed by atoms with Gasteiger partial charge in [0.1, 0.15) is 5.82 Å². The van der Waals surface area contributed by atoms with Crippen LogP contribution in [0.5, 0.6) is 0 Å². The van der Waals surface area contributed by atoms with Gasteiger partial charge < -0.3 is 4.57 Å². The fourth-order valence-corrected chi connectivity index (χ4v) is 3.54. The lowest BCUT2D eigenvalue weighted by Crippen LogP contribution is -2.02. The van der Waals surface area contributed by atoms with E-state index in [1.165, 1.54) is 4.90 Å². The van der Waals surface area contributed by atoms with Crippen LogP contribution in [0.1, 0.15) is 19.2 Å². The van der Waals surface area contributed by atoms with Crippen LogP contribution in [0.25, 0.3) is 11.0 Å². The summed E-state index contributed by atoms with van der Waals surface area (Å²) in [5.74, 6) is 1.91. The largest absolute Gasteiger partial charge is 0.327 e. The third-order valence-corrected chi connectivity index (χ3v) is 4.91. The fraction of sp³-hybridized carbons (Fsp3) is 0.235. The molecule has 5 heteroatoms. The van der Waals surface area contributed by atoms with E-state index in [-0.39, 0.29) is 0 Å². The second kappa shape index (κ2) is 6.95. The Balaban J connectivity index is 1.88. The van der Waals surface area contributed by atoms with Gasteiger partial charge in [0.05, 0.1) is 16.8 Å². The zero-order valence-electron chi connectivity index (χ0n) is 12.2. The lowest BCUT2D eigenvalue weighted by atomic mass is 10.3. The van der Waals surface area contributed by atoms with Crippen molar-refractivity contribution in [2.24, 2.45) is 0 Å². The summed E-state index contributed by atoms with van der Waals surface area (Å²) in [7, 11) is 0. The van der Waals surface area contributed by atoms with Crippen molar-refractivity contribution in [3.05, 3.63) is 58.3 Å². The van der Waals surface area contributed by atoms with Gasteiger partial charge in [0.2, 0.25) is 0 Å². The van der Waals surface area contributed by atoms with Crippen molar-refractivity contribution in [2.45, 2.75) is 30.5 Å². The highest BCUT2D eigenvalue weighted by atomic mass is 35.5. The molecule has 1 aromatic heterocycles. The van der Waals surface area contributed by atoms with Crippen molar-refractivity contribution in [1.82, 2.24) is 9.55 Å².